The van der Waals surface area contributed by atoms with E-state index in [1.54, 1.807) is 11.0 Å². The maximum absolute atomic E-state index is 12.5. The van der Waals surface area contributed by atoms with Gasteiger partial charge in [-0.05, 0) is 25.0 Å². The molecule has 0 unspecified atom stereocenters. The second-order valence-electron chi connectivity index (χ2n) is 6.23. The van der Waals surface area contributed by atoms with Crippen molar-refractivity contribution in [2.75, 3.05) is 31.6 Å². The summed E-state index contributed by atoms with van der Waals surface area (Å²) in [7, 11) is 0. The maximum atomic E-state index is 12.5. The number of aryl methyl sites for hydroxylation is 1. The van der Waals surface area contributed by atoms with E-state index in [4.69, 9.17) is 16.3 Å². The van der Waals surface area contributed by atoms with E-state index in [1.165, 1.54) is 0 Å². The number of aliphatic carboxylic acids is 1. The number of benzene rings is 1. The molecule has 6 nitrogen and oxygen atoms in total. The molecule has 3 rings (SSSR count). The fourth-order valence-corrected chi connectivity index (χ4v) is 3.70. The number of amides is 2. The number of nitrogens with one attached hydrogen (secondary N) is 1. The Bertz CT molecular complexity index is 631. The van der Waals surface area contributed by atoms with Crippen LogP contribution in [-0.2, 0) is 9.53 Å². The summed E-state index contributed by atoms with van der Waals surface area (Å²) in [5.74, 6) is -1.03. The molecule has 2 aliphatic rings. The summed E-state index contributed by atoms with van der Waals surface area (Å²) in [6.45, 7) is 3.23. The van der Waals surface area contributed by atoms with Crippen LogP contribution >= 0.6 is 11.6 Å². The number of nitrogens with zero attached hydrogens (tertiary/aromatic N) is 1. The third kappa shape index (κ3) is 2.77. The quantitative estimate of drug-likeness (QED) is 0.868. The number of para-hydroxylation sites is 1. The van der Waals surface area contributed by atoms with Crippen molar-refractivity contribution in [1.82, 2.24) is 4.90 Å². The monoisotopic (exact) mass is 338 g/mol. The summed E-state index contributed by atoms with van der Waals surface area (Å²) in [5, 5.41) is 12.9. The Morgan fingerprint density at radius 1 is 1.48 bits per heavy atom. The Balaban J connectivity index is 1.78. The van der Waals surface area contributed by atoms with Gasteiger partial charge in [-0.3, -0.25) is 4.79 Å². The van der Waals surface area contributed by atoms with Gasteiger partial charge in [-0.25, -0.2) is 4.79 Å². The van der Waals surface area contributed by atoms with Gasteiger partial charge in [0, 0.05) is 25.6 Å². The number of ether oxygens (including phenoxy) is 1. The summed E-state index contributed by atoms with van der Waals surface area (Å²) in [5.41, 5.74) is 0.527. The van der Waals surface area contributed by atoms with Crippen LogP contribution in [0.5, 0.6) is 0 Å². The molecule has 2 amide bonds. The molecular formula is C16H19ClN2O4. The standard InChI is InChI=1S/C16H19ClN2O4/c1-10-3-2-4-12(17)13(10)18-15(22)19-7-11-8-23-6-5-16(11,9-19)14(20)21/h2-4,11H,5-9H2,1H3,(H,18,22)(H,20,21)/t11-,16+/m1/s1. The van der Waals surface area contributed by atoms with Gasteiger partial charge in [-0.2, -0.15) is 0 Å². The average Bonchev–Trinajstić information content (AvgIpc) is 2.92. The molecule has 124 valence electrons. The van der Waals surface area contributed by atoms with Gasteiger partial charge in [-0.1, -0.05) is 23.7 Å². The molecule has 2 aliphatic heterocycles. The minimum Gasteiger partial charge on any atom is -0.481 e. The SMILES string of the molecule is Cc1cccc(Cl)c1NC(=O)N1C[C@@H]2COCC[C@]2(C(=O)O)C1. The van der Waals surface area contributed by atoms with E-state index < -0.39 is 11.4 Å². The smallest absolute Gasteiger partial charge is 0.321 e. The van der Waals surface area contributed by atoms with Gasteiger partial charge >= 0.3 is 12.0 Å². The normalized spacial score (nSPS) is 26.7. The Labute approximate surface area is 139 Å². The number of urea groups is 1. The Morgan fingerprint density at radius 3 is 2.91 bits per heavy atom. The van der Waals surface area contributed by atoms with Gasteiger partial charge in [0.05, 0.1) is 22.7 Å². The number of carbonyl (C=O) groups excluding carboxylic acids is 1. The van der Waals surface area contributed by atoms with Gasteiger partial charge in [0.15, 0.2) is 0 Å². The van der Waals surface area contributed by atoms with Gasteiger partial charge in [0.1, 0.15) is 0 Å². The van der Waals surface area contributed by atoms with E-state index in [9.17, 15) is 14.7 Å². The molecule has 2 saturated heterocycles. The number of halogens is 1. The predicted molar refractivity (Wildman–Crippen MR) is 85.8 cm³/mol. The zero-order valence-electron chi connectivity index (χ0n) is 12.8. The van der Waals surface area contributed by atoms with Crippen LogP contribution in [0, 0.1) is 18.3 Å². The number of likely N-dealkylation sites (tertiary alicyclic amines) is 1. The van der Waals surface area contributed by atoms with Crippen molar-refractivity contribution in [1.29, 1.82) is 0 Å². The van der Waals surface area contributed by atoms with Gasteiger partial charge in [0.2, 0.25) is 0 Å². The second kappa shape index (κ2) is 6.02. The number of fused-ring (bicyclic) bond motifs is 1. The Hall–Kier alpha value is -1.79. The summed E-state index contributed by atoms with van der Waals surface area (Å²) >= 11 is 6.13. The number of anilines is 1. The molecule has 23 heavy (non-hydrogen) atoms. The van der Waals surface area contributed by atoms with Crippen molar-refractivity contribution in [3.63, 3.8) is 0 Å². The van der Waals surface area contributed by atoms with Crippen LogP contribution in [0.25, 0.3) is 0 Å². The fourth-order valence-electron chi connectivity index (χ4n) is 3.43. The van der Waals surface area contributed by atoms with Gasteiger partial charge in [0.25, 0.3) is 0 Å². The third-order valence-corrected chi connectivity index (χ3v) is 5.19. The lowest BCUT2D eigenvalue weighted by atomic mass is 9.74. The molecule has 0 spiro atoms. The molecule has 0 saturated carbocycles. The lowest BCUT2D eigenvalue weighted by Gasteiger charge is -2.33. The first-order chi connectivity index (χ1) is 10.9. The summed E-state index contributed by atoms with van der Waals surface area (Å²) < 4.78 is 5.40. The molecule has 2 atom stereocenters. The van der Waals surface area contributed by atoms with E-state index in [0.29, 0.717) is 36.9 Å². The highest BCUT2D eigenvalue weighted by Gasteiger charge is 2.55. The molecule has 2 fully saturated rings. The Morgan fingerprint density at radius 2 is 2.26 bits per heavy atom. The van der Waals surface area contributed by atoms with Crippen LogP contribution in [0.2, 0.25) is 5.02 Å². The first-order valence-corrected chi connectivity index (χ1v) is 7.94. The van der Waals surface area contributed by atoms with E-state index in [-0.39, 0.29) is 18.5 Å². The summed E-state index contributed by atoms with van der Waals surface area (Å²) in [6, 6.07) is 5.06. The third-order valence-electron chi connectivity index (χ3n) is 4.87. The molecule has 0 aromatic heterocycles. The Kier molecular flexibility index (Phi) is 4.21. The van der Waals surface area contributed by atoms with Crippen molar-refractivity contribution in [2.45, 2.75) is 13.3 Å². The number of hydrogen-bond acceptors (Lipinski definition) is 3. The molecule has 0 radical (unpaired) electrons. The second-order valence-corrected chi connectivity index (χ2v) is 6.63. The molecule has 2 N–H and O–H groups in total. The number of carboxylic acid groups (broad SMARTS) is 1. The van der Waals surface area contributed by atoms with Crippen LogP contribution in [-0.4, -0.2) is 48.3 Å². The zero-order valence-corrected chi connectivity index (χ0v) is 13.6. The van der Waals surface area contributed by atoms with Crippen molar-refractivity contribution in [2.24, 2.45) is 11.3 Å². The van der Waals surface area contributed by atoms with E-state index in [1.807, 2.05) is 19.1 Å². The largest absolute Gasteiger partial charge is 0.481 e. The lowest BCUT2D eigenvalue weighted by Crippen LogP contribution is -2.45. The van der Waals surface area contributed by atoms with E-state index in [2.05, 4.69) is 5.32 Å². The number of carbonyl (C=O) groups is 2. The minimum absolute atomic E-state index is 0.174. The first kappa shape index (κ1) is 16.1. The predicted octanol–water partition coefficient (Wildman–Crippen LogP) is 2.60. The zero-order chi connectivity index (χ0) is 16.6. The van der Waals surface area contributed by atoms with Crippen molar-refractivity contribution in [3.8, 4) is 0 Å². The van der Waals surface area contributed by atoms with Crippen LogP contribution in [0.15, 0.2) is 18.2 Å². The summed E-state index contributed by atoms with van der Waals surface area (Å²) in [4.78, 5) is 25.9. The first-order valence-electron chi connectivity index (χ1n) is 7.56. The molecule has 2 heterocycles. The van der Waals surface area contributed by atoms with Gasteiger partial charge in [-0.15, -0.1) is 0 Å². The van der Waals surface area contributed by atoms with E-state index in [0.717, 1.165) is 5.56 Å². The minimum atomic E-state index is -0.898. The molecular weight excluding hydrogens is 320 g/mol. The van der Waals surface area contributed by atoms with Crippen molar-refractivity contribution < 1.29 is 19.4 Å². The van der Waals surface area contributed by atoms with Crippen LogP contribution in [0.4, 0.5) is 10.5 Å². The topological polar surface area (TPSA) is 78.9 Å². The lowest BCUT2D eigenvalue weighted by molar-refractivity contribution is -0.157. The number of carboxylic acids is 1. The average molecular weight is 339 g/mol. The molecule has 0 aliphatic carbocycles. The maximum Gasteiger partial charge on any atom is 0.321 e. The van der Waals surface area contributed by atoms with Crippen molar-refractivity contribution >= 4 is 29.3 Å². The highest BCUT2D eigenvalue weighted by Crippen LogP contribution is 2.42. The summed E-state index contributed by atoms with van der Waals surface area (Å²) in [6.07, 6.45) is 0.432. The molecule has 0 bridgehead atoms. The highest BCUT2D eigenvalue weighted by atomic mass is 35.5. The molecule has 1 aromatic carbocycles. The molecule has 1 aromatic rings. The number of rotatable bonds is 2. The van der Waals surface area contributed by atoms with Crippen molar-refractivity contribution in [3.05, 3.63) is 28.8 Å². The highest BCUT2D eigenvalue weighted by molar-refractivity contribution is 6.33. The van der Waals surface area contributed by atoms with Gasteiger partial charge < -0.3 is 20.1 Å². The molecule has 7 heteroatoms. The van der Waals surface area contributed by atoms with Crippen LogP contribution in [0.3, 0.4) is 0 Å². The van der Waals surface area contributed by atoms with Crippen LogP contribution < -0.4 is 5.32 Å². The van der Waals surface area contributed by atoms with E-state index >= 15 is 0 Å². The number of hydrogen-bond donors (Lipinski definition) is 2. The fraction of sp³-hybridized carbons (Fsp3) is 0.500. The van der Waals surface area contributed by atoms with Crippen LogP contribution in [0.1, 0.15) is 12.0 Å².